The number of phenols is 1. The van der Waals surface area contributed by atoms with Crippen LogP contribution in [0.4, 0.5) is 0 Å². The first-order valence-corrected chi connectivity index (χ1v) is 7.46. The van der Waals surface area contributed by atoms with Gasteiger partial charge < -0.3 is 24.6 Å². The molecule has 124 valence electrons. The molecule has 23 heavy (non-hydrogen) atoms. The van der Waals surface area contributed by atoms with Gasteiger partial charge in [0, 0.05) is 12.1 Å². The van der Waals surface area contributed by atoms with E-state index in [0.717, 1.165) is 35.6 Å². The number of nitrogens with one attached hydrogen (secondary N) is 1. The van der Waals surface area contributed by atoms with E-state index in [9.17, 15) is 5.11 Å². The van der Waals surface area contributed by atoms with Crippen molar-refractivity contribution in [3.63, 3.8) is 0 Å². The molecule has 0 atom stereocenters. The van der Waals surface area contributed by atoms with Crippen molar-refractivity contribution in [1.29, 1.82) is 0 Å². The predicted octanol–water partition coefficient (Wildman–Crippen LogP) is 2.75. The lowest BCUT2D eigenvalue weighted by atomic mass is 10.1. The highest BCUT2D eigenvalue weighted by Gasteiger charge is 2.09. The maximum atomic E-state index is 9.60. The standard InChI is InChI=1S/C18H23NO4/c1-21-16-6-4-5-14(18(16)23-3)12-19-10-9-13-7-8-15(20)17(11-13)22-2/h4-8,11,19-20H,9-10,12H2,1-3H3. The van der Waals surface area contributed by atoms with Crippen LogP contribution in [0.5, 0.6) is 23.0 Å². The third kappa shape index (κ3) is 4.29. The summed E-state index contributed by atoms with van der Waals surface area (Å²) < 4.78 is 15.8. The summed E-state index contributed by atoms with van der Waals surface area (Å²) in [5.41, 5.74) is 2.15. The van der Waals surface area contributed by atoms with Gasteiger partial charge in [-0.3, -0.25) is 0 Å². The van der Waals surface area contributed by atoms with Gasteiger partial charge in [-0.05, 0) is 36.7 Å². The predicted molar refractivity (Wildman–Crippen MR) is 89.6 cm³/mol. The van der Waals surface area contributed by atoms with E-state index in [2.05, 4.69) is 5.32 Å². The van der Waals surface area contributed by atoms with Crippen molar-refractivity contribution in [3.8, 4) is 23.0 Å². The number of aromatic hydroxyl groups is 1. The summed E-state index contributed by atoms with van der Waals surface area (Å²) in [7, 11) is 4.82. The molecule has 2 aromatic carbocycles. The lowest BCUT2D eigenvalue weighted by molar-refractivity contribution is 0.350. The van der Waals surface area contributed by atoms with E-state index in [4.69, 9.17) is 14.2 Å². The van der Waals surface area contributed by atoms with Gasteiger partial charge in [0.25, 0.3) is 0 Å². The highest BCUT2D eigenvalue weighted by molar-refractivity contribution is 5.46. The Morgan fingerprint density at radius 2 is 1.74 bits per heavy atom. The van der Waals surface area contributed by atoms with Crippen molar-refractivity contribution >= 4 is 0 Å². The van der Waals surface area contributed by atoms with Crippen molar-refractivity contribution in [2.75, 3.05) is 27.9 Å². The van der Waals surface area contributed by atoms with Crippen LogP contribution in [0, 0.1) is 0 Å². The molecule has 0 radical (unpaired) electrons. The summed E-state index contributed by atoms with van der Waals surface area (Å²) in [5, 5.41) is 13.0. The minimum Gasteiger partial charge on any atom is -0.504 e. The van der Waals surface area contributed by atoms with Gasteiger partial charge in [-0.25, -0.2) is 0 Å². The van der Waals surface area contributed by atoms with E-state index in [1.165, 1.54) is 0 Å². The molecule has 0 heterocycles. The minimum absolute atomic E-state index is 0.158. The smallest absolute Gasteiger partial charge is 0.165 e. The quantitative estimate of drug-likeness (QED) is 0.733. The number of rotatable bonds is 8. The van der Waals surface area contributed by atoms with Crippen LogP contribution in [-0.2, 0) is 13.0 Å². The zero-order valence-electron chi connectivity index (χ0n) is 13.8. The molecule has 0 aromatic heterocycles. The zero-order chi connectivity index (χ0) is 16.7. The largest absolute Gasteiger partial charge is 0.504 e. The van der Waals surface area contributed by atoms with Crippen molar-refractivity contribution in [2.45, 2.75) is 13.0 Å². The first-order valence-electron chi connectivity index (χ1n) is 7.46. The molecule has 0 bridgehead atoms. The van der Waals surface area contributed by atoms with Crippen LogP contribution >= 0.6 is 0 Å². The Bertz CT molecular complexity index is 643. The summed E-state index contributed by atoms with van der Waals surface area (Å²) in [5.74, 6) is 2.14. The fraction of sp³-hybridized carbons (Fsp3) is 0.333. The van der Waals surface area contributed by atoms with Crippen LogP contribution in [0.1, 0.15) is 11.1 Å². The van der Waals surface area contributed by atoms with Crippen LogP contribution in [0.15, 0.2) is 36.4 Å². The van der Waals surface area contributed by atoms with E-state index in [0.29, 0.717) is 12.3 Å². The number of hydrogen-bond donors (Lipinski definition) is 2. The Kier molecular flexibility index (Phi) is 6.11. The SMILES string of the molecule is COc1cc(CCNCc2cccc(OC)c2OC)ccc1O. The van der Waals surface area contributed by atoms with Crippen LogP contribution < -0.4 is 19.5 Å². The average Bonchev–Trinajstić information content (AvgIpc) is 2.59. The second-order valence-corrected chi connectivity index (χ2v) is 5.09. The van der Waals surface area contributed by atoms with Crippen LogP contribution in [-0.4, -0.2) is 33.0 Å². The van der Waals surface area contributed by atoms with E-state index < -0.39 is 0 Å². The lowest BCUT2D eigenvalue weighted by Gasteiger charge is -2.13. The molecule has 2 rings (SSSR count). The molecule has 0 saturated carbocycles. The van der Waals surface area contributed by atoms with Gasteiger partial charge in [-0.1, -0.05) is 18.2 Å². The molecule has 0 unspecified atom stereocenters. The molecule has 0 spiro atoms. The first-order chi connectivity index (χ1) is 11.2. The Hall–Kier alpha value is -2.40. The number of ether oxygens (including phenoxy) is 3. The number of para-hydroxylation sites is 1. The Morgan fingerprint density at radius 1 is 0.957 bits per heavy atom. The molecule has 0 saturated heterocycles. The van der Waals surface area contributed by atoms with E-state index >= 15 is 0 Å². The Morgan fingerprint density at radius 3 is 2.43 bits per heavy atom. The summed E-state index contributed by atoms with van der Waals surface area (Å²) in [6.07, 6.45) is 0.836. The third-order valence-electron chi connectivity index (χ3n) is 3.63. The van der Waals surface area contributed by atoms with Crippen molar-refractivity contribution in [2.24, 2.45) is 0 Å². The van der Waals surface area contributed by atoms with Crippen molar-refractivity contribution < 1.29 is 19.3 Å². The molecule has 2 aromatic rings. The number of phenolic OH excluding ortho intramolecular Hbond substituents is 1. The summed E-state index contributed by atoms with van der Waals surface area (Å²) >= 11 is 0. The second kappa shape index (κ2) is 8.29. The molecule has 0 aliphatic rings. The average molecular weight is 317 g/mol. The van der Waals surface area contributed by atoms with Crippen molar-refractivity contribution in [3.05, 3.63) is 47.5 Å². The Balaban J connectivity index is 1.91. The number of benzene rings is 2. The molecule has 0 aliphatic heterocycles. The van der Waals surface area contributed by atoms with Gasteiger partial charge in [-0.15, -0.1) is 0 Å². The highest BCUT2D eigenvalue weighted by atomic mass is 16.5. The maximum absolute atomic E-state index is 9.60. The molecular formula is C18H23NO4. The van der Waals surface area contributed by atoms with Gasteiger partial charge in [0.05, 0.1) is 21.3 Å². The van der Waals surface area contributed by atoms with Crippen LogP contribution in [0.25, 0.3) is 0 Å². The Labute approximate surface area is 136 Å². The van der Waals surface area contributed by atoms with Gasteiger partial charge in [-0.2, -0.15) is 0 Å². The van der Waals surface area contributed by atoms with E-state index in [-0.39, 0.29) is 5.75 Å². The molecule has 0 fully saturated rings. The van der Waals surface area contributed by atoms with E-state index in [1.807, 2.05) is 30.3 Å². The fourth-order valence-electron chi connectivity index (χ4n) is 2.43. The highest BCUT2D eigenvalue weighted by Crippen LogP contribution is 2.30. The van der Waals surface area contributed by atoms with Crippen LogP contribution in [0.2, 0.25) is 0 Å². The maximum Gasteiger partial charge on any atom is 0.165 e. The van der Waals surface area contributed by atoms with Gasteiger partial charge in [0.15, 0.2) is 23.0 Å². The first kappa shape index (κ1) is 17.0. The molecule has 2 N–H and O–H groups in total. The normalized spacial score (nSPS) is 10.4. The summed E-state index contributed by atoms with van der Waals surface area (Å²) in [6.45, 7) is 1.49. The fourth-order valence-corrected chi connectivity index (χ4v) is 2.43. The van der Waals surface area contributed by atoms with Gasteiger partial charge in [0.1, 0.15) is 0 Å². The van der Waals surface area contributed by atoms with Crippen molar-refractivity contribution in [1.82, 2.24) is 5.32 Å². The molecule has 0 amide bonds. The molecular weight excluding hydrogens is 294 g/mol. The minimum atomic E-state index is 0.158. The number of methoxy groups -OCH3 is 3. The second-order valence-electron chi connectivity index (χ2n) is 5.09. The summed E-state index contributed by atoms with van der Waals surface area (Å²) in [4.78, 5) is 0. The zero-order valence-corrected chi connectivity index (χ0v) is 13.8. The lowest BCUT2D eigenvalue weighted by Crippen LogP contribution is -2.17. The van der Waals surface area contributed by atoms with Gasteiger partial charge in [0.2, 0.25) is 0 Å². The van der Waals surface area contributed by atoms with Gasteiger partial charge >= 0.3 is 0 Å². The topological polar surface area (TPSA) is 60.0 Å². The van der Waals surface area contributed by atoms with E-state index in [1.54, 1.807) is 27.4 Å². The molecule has 5 heteroatoms. The van der Waals surface area contributed by atoms with Crippen LogP contribution in [0.3, 0.4) is 0 Å². The number of hydrogen-bond acceptors (Lipinski definition) is 5. The molecule has 0 aliphatic carbocycles. The molecule has 5 nitrogen and oxygen atoms in total. The monoisotopic (exact) mass is 317 g/mol. The summed E-state index contributed by atoms with van der Waals surface area (Å²) in [6, 6.07) is 11.2. The third-order valence-corrected chi connectivity index (χ3v) is 3.63.